The lowest BCUT2D eigenvalue weighted by molar-refractivity contribution is -0.149. The summed E-state index contributed by atoms with van der Waals surface area (Å²) in [6, 6.07) is 6.80. The monoisotopic (exact) mass is 455 g/mol. The van der Waals surface area contributed by atoms with Crippen molar-refractivity contribution >= 4 is 52.4 Å². The fourth-order valence-electron chi connectivity index (χ4n) is 1.90. The van der Waals surface area contributed by atoms with E-state index >= 15 is 0 Å². The summed E-state index contributed by atoms with van der Waals surface area (Å²) in [7, 11) is 0. The van der Waals surface area contributed by atoms with Crippen LogP contribution in [0, 0.1) is 0 Å². The molecule has 1 amide bonds. The fraction of sp³-hybridized carbons (Fsp3) is 0.176. The van der Waals surface area contributed by atoms with Crippen LogP contribution in [0.3, 0.4) is 0 Å². The van der Waals surface area contributed by atoms with Gasteiger partial charge in [-0.3, -0.25) is 4.79 Å². The maximum absolute atomic E-state index is 12.7. The third-order valence-corrected chi connectivity index (χ3v) is 4.03. The normalized spacial score (nSPS) is 11.1. The molecule has 0 bridgehead atoms. The molecular weight excluding hydrogens is 446 g/mol. The molecule has 0 fully saturated rings. The minimum atomic E-state index is -4.60. The molecule has 2 rings (SSSR count). The van der Waals surface area contributed by atoms with E-state index < -0.39 is 36.8 Å². The number of carbonyl (C=O) groups is 2. The van der Waals surface area contributed by atoms with E-state index in [4.69, 9.17) is 39.5 Å². The van der Waals surface area contributed by atoms with Crippen molar-refractivity contribution in [1.82, 2.24) is 0 Å². The maximum atomic E-state index is 12.7. The average molecular weight is 457 g/mol. The van der Waals surface area contributed by atoms with Crippen LogP contribution in [0.15, 0.2) is 36.4 Å². The molecule has 0 aliphatic rings. The number of anilines is 1. The second-order valence-corrected chi connectivity index (χ2v) is 6.52. The molecule has 2 aromatic carbocycles. The van der Waals surface area contributed by atoms with Crippen molar-refractivity contribution in [1.29, 1.82) is 0 Å². The first kappa shape index (κ1) is 22.1. The predicted molar refractivity (Wildman–Crippen MR) is 98.0 cm³/mol. The Morgan fingerprint density at radius 2 is 1.68 bits per heavy atom. The predicted octanol–water partition coefficient (Wildman–Crippen LogP) is 5.23. The summed E-state index contributed by atoms with van der Waals surface area (Å²) in [6.45, 7) is -1.29. The second-order valence-electron chi connectivity index (χ2n) is 5.26. The van der Waals surface area contributed by atoms with E-state index in [9.17, 15) is 22.8 Å². The number of benzene rings is 2. The van der Waals surface area contributed by atoms with Gasteiger partial charge in [0.25, 0.3) is 5.91 Å². The molecule has 0 aromatic heterocycles. The fourth-order valence-corrected chi connectivity index (χ4v) is 2.53. The van der Waals surface area contributed by atoms with Crippen molar-refractivity contribution in [3.63, 3.8) is 0 Å². The van der Waals surface area contributed by atoms with Crippen molar-refractivity contribution in [3.8, 4) is 5.75 Å². The molecule has 1 N–H and O–H groups in total. The van der Waals surface area contributed by atoms with Crippen LogP contribution in [-0.4, -0.2) is 25.1 Å². The zero-order valence-electron chi connectivity index (χ0n) is 13.8. The summed E-state index contributed by atoms with van der Waals surface area (Å²) in [5.41, 5.74) is -1.25. The van der Waals surface area contributed by atoms with Crippen molar-refractivity contribution in [2.75, 3.05) is 18.5 Å². The van der Waals surface area contributed by atoms with Gasteiger partial charge in [0.1, 0.15) is 5.75 Å². The number of alkyl halides is 3. The van der Waals surface area contributed by atoms with Crippen LogP contribution >= 0.6 is 34.8 Å². The van der Waals surface area contributed by atoms with Crippen LogP contribution < -0.4 is 10.1 Å². The van der Waals surface area contributed by atoms with E-state index in [0.717, 1.165) is 12.1 Å². The Balaban J connectivity index is 1.86. The second kappa shape index (κ2) is 9.36. The molecule has 0 aliphatic carbocycles. The third kappa shape index (κ3) is 6.47. The first-order chi connectivity index (χ1) is 13.1. The molecule has 0 saturated carbocycles. The van der Waals surface area contributed by atoms with Gasteiger partial charge in [-0.1, -0.05) is 34.8 Å². The molecule has 0 unspecified atom stereocenters. The summed E-state index contributed by atoms with van der Waals surface area (Å²) < 4.78 is 48.0. The summed E-state index contributed by atoms with van der Waals surface area (Å²) in [4.78, 5) is 23.4. The Kier molecular flexibility index (Phi) is 7.40. The van der Waals surface area contributed by atoms with Crippen LogP contribution in [0.5, 0.6) is 5.75 Å². The third-order valence-electron chi connectivity index (χ3n) is 3.17. The van der Waals surface area contributed by atoms with E-state index in [1.165, 1.54) is 18.2 Å². The van der Waals surface area contributed by atoms with Crippen LogP contribution in [0.4, 0.5) is 18.9 Å². The number of hydrogen-bond acceptors (Lipinski definition) is 4. The van der Waals surface area contributed by atoms with Gasteiger partial charge < -0.3 is 14.8 Å². The highest BCUT2D eigenvalue weighted by Crippen LogP contribution is 2.33. The smallest absolute Gasteiger partial charge is 0.416 e. The topological polar surface area (TPSA) is 64.6 Å². The number of rotatable bonds is 6. The summed E-state index contributed by atoms with van der Waals surface area (Å²) in [6.07, 6.45) is -4.60. The number of halogens is 6. The number of hydrogen-bond donors (Lipinski definition) is 1. The van der Waals surface area contributed by atoms with Crippen molar-refractivity contribution in [2.45, 2.75) is 6.18 Å². The van der Waals surface area contributed by atoms with Crippen molar-refractivity contribution in [2.24, 2.45) is 0 Å². The Hall–Kier alpha value is -2.16. The molecule has 0 spiro atoms. The maximum Gasteiger partial charge on any atom is 0.416 e. The Bertz CT molecular complexity index is 890. The minimum absolute atomic E-state index is 0.103. The minimum Gasteiger partial charge on any atom is -0.480 e. The highest BCUT2D eigenvalue weighted by molar-refractivity contribution is 6.35. The molecule has 150 valence electrons. The molecular formula is C17H11Cl3F3NO4. The summed E-state index contributed by atoms with van der Waals surface area (Å²) >= 11 is 17.4. The van der Waals surface area contributed by atoms with E-state index in [1.807, 2.05) is 0 Å². The van der Waals surface area contributed by atoms with Gasteiger partial charge in [-0.2, -0.15) is 13.2 Å². The lowest BCUT2D eigenvalue weighted by Gasteiger charge is -2.12. The number of amides is 1. The average Bonchev–Trinajstić information content (AvgIpc) is 2.60. The van der Waals surface area contributed by atoms with E-state index in [0.29, 0.717) is 11.1 Å². The van der Waals surface area contributed by atoms with Gasteiger partial charge in [-0.15, -0.1) is 0 Å². The van der Waals surface area contributed by atoms with Crippen molar-refractivity contribution < 1.29 is 32.2 Å². The molecule has 11 heteroatoms. The molecule has 5 nitrogen and oxygen atoms in total. The van der Waals surface area contributed by atoms with Crippen LogP contribution in [0.25, 0.3) is 0 Å². The molecule has 0 atom stereocenters. The Morgan fingerprint density at radius 3 is 2.32 bits per heavy atom. The number of carbonyl (C=O) groups excluding carboxylic acids is 2. The molecule has 28 heavy (non-hydrogen) atoms. The molecule has 0 aliphatic heterocycles. The highest BCUT2D eigenvalue weighted by Gasteiger charge is 2.31. The number of ether oxygens (including phenoxy) is 2. The molecule has 0 heterocycles. The molecule has 0 saturated heterocycles. The van der Waals surface area contributed by atoms with Gasteiger partial charge >= 0.3 is 12.1 Å². The first-order valence-corrected chi connectivity index (χ1v) is 8.59. The summed E-state index contributed by atoms with van der Waals surface area (Å²) in [5.74, 6) is -1.58. The quantitative estimate of drug-likeness (QED) is 0.605. The molecule has 2 aromatic rings. The van der Waals surface area contributed by atoms with Gasteiger partial charge in [0.15, 0.2) is 13.2 Å². The Morgan fingerprint density at radius 1 is 0.964 bits per heavy atom. The standard InChI is InChI=1S/C17H11Cl3F3NO4/c18-10-2-4-14(12(20)6-10)27-8-16(26)28-7-15(25)24-13-5-9(17(21,22)23)1-3-11(13)19/h1-6H,7-8H2,(H,24,25). The van der Waals surface area contributed by atoms with Gasteiger partial charge in [0, 0.05) is 5.02 Å². The van der Waals surface area contributed by atoms with Gasteiger partial charge in [-0.05, 0) is 36.4 Å². The zero-order valence-corrected chi connectivity index (χ0v) is 16.0. The number of esters is 1. The number of nitrogens with one attached hydrogen (secondary N) is 1. The van der Waals surface area contributed by atoms with E-state index in [2.05, 4.69) is 10.1 Å². The van der Waals surface area contributed by atoms with Crippen molar-refractivity contribution in [3.05, 3.63) is 57.0 Å². The SMILES string of the molecule is O=C(COC(=O)COc1ccc(Cl)cc1Cl)Nc1cc(C(F)(F)F)ccc1Cl. The van der Waals surface area contributed by atoms with Crippen LogP contribution in [-0.2, 0) is 20.5 Å². The van der Waals surface area contributed by atoms with E-state index in [-0.39, 0.29) is 21.5 Å². The Labute approximate surface area is 172 Å². The van der Waals surface area contributed by atoms with Gasteiger partial charge in [0.05, 0.1) is 21.3 Å². The molecule has 0 radical (unpaired) electrons. The highest BCUT2D eigenvalue weighted by atomic mass is 35.5. The summed E-state index contributed by atoms with van der Waals surface area (Å²) in [5, 5.41) is 2.60. The first-order valence-electron chi connectivity index (χ1n) is 7.46. The van der Waals surface area contributed by atoms with Crippen LogP contribution in [0.2, 0.25) is 15.1 Å². The largest absolute Gasteiger partial charge is 0.480 e. The lowest BCUT2D eigenvalue weighted by atomic mass is 10.2. The lowest BCUT2D eigenvalue weighted by Crippen LogP contribution is -2.24. The zero-order chi connectivity index (χ0) is 20.9. The van der Waals surface area contributed by atoms with Gasteiger partial charge in [-0.25, -0.2) is 4.79 Å². The van der Waals surface area contributed by atoms with E-state index in [1.54, 1.807) is 0 Å². The van der Waals surface area contributed by atoms with Gasteiger partial charge in [0.2, 0.25) is 0 Å². The van der Waals surface area contributed by atoms with Crippen LogP contribution in [0.1, 0.15) is 5.56 Å².